The van der Waals surface area contributed by atoms with Crippen LogP contribution in [0.15, 0.2) is 36.5 Å². The fraction of sp³-hybridized carbons (Fsp3) is 0.381. The predicted molar refractivity (Wildman–Crippen MR) is 105 cm³/mol. The van der Waals surface area contributed by atoms with Crippen LogP contribution in [0.4, 0.5) is 14.6 Å². The first-order chi connectivity index (χ1) is 14.2. The summed E-state index contributed by atoms with van der Waals surface area (Å²) in [4.78, 5) is 29.1. The molecule has 1 saturated heterocycles. The summed E-state index contributed by atoms with van der Waals surface area (Å²) in [7, 11) is 1.21. The molecular weight excluding hydrogens is 396 g/mol. The molecule has 0 bridgehead atoms. The highest BCUT2D eigenvalue weighted by molar-refractivity contribution is 5.89. The number of hydrogen-bond donors (Lipinski definition) is 1. The molecule has 0 aliphatic carbocycles. The average Bonchev–Trinajstić information content (AvgIpc) is 3.03. The quantitative estimate of drug-likeness (QED) is 0.723. The molecular formula is C21H23F2N3O4. The topological polar surface area (TPSA) is 94.8 Å². The van der Waals surface area contributed by atoms with E-state index in [1.165, 1.54) is 19.4 Å². The van der Waals surface area contributed by atoms with E-state index in [0.717, 1.165) is 16.0 Å². The Balaban J connectivity index is 1.64. The summed E-state index contributed by atoms with van der Waals surface area (Å²) in [6.45, 7) is 0.752. The molecule has 1 fully saturated rings. The lowest BCUT2D eigenvalue weighted by atomic mass is 10.1. The Bertz CT molecular complexity index is 934. The van der Waals surface area contributed by atoms with E-state index in [2.05, 4.69) is 9.72 Å². The number of ether oxygens (including phenoxy) is 2. The number of hydrogen-bond acceptors (Lipinski definition) is 6. The fourth-order valence-corrected chi connectivity index (χ4v) is 3.20. The van der Waals surface area contributed by atoms with Gasteiger partial charge in [0.25, 0.3) is 5.92 Å². The van der Waals surface area contributed by atoms with Crippen LogP contribution in [0.2, 0.25) is 0 Å². The molecule has 1 aliphatic heterocycles. The summed E-state index contributed by atoms with van der Waals surface area (Å²) < 4.78 is 39.0. The number of methoxy groups -OCH3 is 1. The Kier molecular flexibility index (Phi) is 6.19. The van der Waals surface area contributed by atoms with Crippen molar-refractivity contribution >= 4 is 17.7 Å². The Labute approximate surface area is 172 Å². The number of carbonyl (C=O) groups is 2. The highest BCUT2D eigenvalue weighted by Gasteiger charge is 2.49. The number of nitrogens with two attached hydrogens (primary N) is 1. The molecule has 1 unspecified atom stereocenters. The Morgan fingerprint density at radius 1 is 1.30 bits per heavy atom. The highest BCUT2D eigenvalue weighted by Crippen LogP contribution is 2.34. The predicted octanol–water partition coefficient (Wildman–Crippen LogP) is 2.47. The second-order valence-electron chi connectivity index (χ2n) is 7.30. The van der Waals surface area contributed by atoms with Gasteiger partial charge in [0.15, 0.2) is 11.6 Å². The van der Waals surface area contributed by atoms with Crippen LogP contribution in [0.3, 0.4) is 0 Å². The molecule has 7 nitrogen and oxygen atoms in total. The lowest BCUT2D eigenvalue weighted by molar-refractivity contribution is -0.130. The molecule has 30 heavy (non-hydrogen) atoms. The van der Waals surface area contributed by atoms with Crippen LogP contribution in [0, 0.1) is 12.8 Å². The number of benzene rings is 1. The lowest BCUT2D eigenvalue weighted by Crippen LogP contribution is -2.33. The summed E-state index contributed by atoms with van der Waals surface area (Å²) >= 11 is 0. The van der Waals surface area contributed by atoms with E-state index in [1.54, 1.807) is 0 Å². The van der Waals surface area contributed by atoms with E-state index in [-0.39, 0.29) is 42.6 Å². The maximum absolute atomic E-state index is 14.5. The maximum Gasteiger partial charge on any atom is 0.339 e. The van der Waals surface area contributed by atoms with Gasteiger partial charge in [0, 0.05) is 18.8 Å². The molecule has 1 aliphatic rings. The van der Waals surface area contributed by atoms with Crippen LogP contribution >= 0.6 is 0 Å². The van der Waals surface area contributed by atoms with Crippen molar-refractivity contribution in [1.82, 2.24) is 9.88 Å². The molecule has 1 aromatic carbocycles. The summed E-state index contributed by atoms with van der Waals surface area (Å²) in [6, 6.07) is 8.66. The molecule has 1 amide bonds. The van der Waals surface area contributed by atoms with Crippen LogP contribution in [0.1, 0.15) is 21.5 Å². The van der Waals surface area contributed by atoms with Crippen molar-refractivity contribution in [2.75, 3.05) is 32.5 Å². The van der Waals surface area contributed by atoms with E-state index >= 15 is 0 Å². The average molecular weight is 419 g/mol. The van der Waals surface area contributed by atoms with E-state index in [0.29, 0.717) is 0 Å². The number of esters is 1. The van der Waals surface area contributed by atoms with Gasteiger partial charge in [0.05, 0.1) is 38.2 Å². The normalized spacial score (nSPS) is 17.6. The first kappa shape index (κ1) is 21.5. The Hall–Kier alpha value is -3.23. The molecule has 2 heterocycles. The lowest BCUT2D eigenvalue weighted by Gasteiger charge is -2.18. The van der Waals surface area contributed by atoms with E-state index in [1.807, 2.05) is 31.2 Å². The summed E-state index contributed by atoms with van der Waals surface area (Å²) in [6.07, 6.45) is 1.27. The molecule has 0 radical (unpaired) electrons. The second kappa shape index (κ2) is 8.64. The Morgan fingerprint density at radius 2 is 2.00 bits per heavy atom. The number of carbonyl (C=O) groups excluding carboxylic acids is 2. The van der Waals surface area contributed by atoms with Gasteiger partial charge in [-0.2, -0.15) is 0 Å². The number of amides is 1. The number of rotatable bonds is 6. The van der Waals surface area contributed by atoms with Gasteiger partial charge in [-0.25, -0.2) is 18.6 Å². The minimum absolute atomic E-state index is 0.0122. The van der Waals surface area contributed by atoms with Crippen LogP contribution in [-0.4, -0.2) is 54.5 Å². The van der Waals surface area contributed by atoms with Crippen molar-refractivity contribution in [3.05, 3.63) is 53.2 Å². The van der Waals surface area contributed by atoms with Crippen LogP contribution < -0.4 is 10.5 Å². The molecule has 2 N–H and O–H groups in total. The third-order valence-electron chi connectivity index (χ3n) is 5.01. The van der Waals surface area contributed by atoms with Gasteiger partial charge in [-0.1, -0.05) is 29.8 Å². The largest absolute Gasteiger partial charge is 0.489 e. The van der Waals surface area contributed by atoms with E-state index < -0.39 is 24.4 Å². The standard InChI is InChI=1S/C21H23F2N3O4/c1-13-3-5-14(6-4-13)7-18(27)26-10-16(21(22,23)12-26)11-30-17-8-15(20(28)29-2)9-25-19(17)24/h3-6,8-9,16H,7,10-12H2,1-2H3,(H2,24,25). The number of likely N-dealkylation sites (tertiary alicyclic amines) is 1. The van der Waals surface area contributed by atoms with Gasteiger partial charge in [0.2, 0.25) is 5.91 Å². The van der Waals surface area contributed by atoms with Crippen LogP contribution in [0.5, 0.6) is 5.75 Å². The second-order valence-corrected chi connectivity index (χ2v) is 7.30. The molecule has 0 spiro atoms. The van der Waals surface area contributed by atoms with Gasteiger partial charge < -0.3 is 20.1 Å². The zero-order chi connectivity index (χ0) is 21.9. The van der Waals surface area contributed by atoms with Crippen molar-refractivity contribution in [1.29, 1.82) is 0 Å². The van der Waals surface area contributed by atoms with Crippen LogP contribution in [0.25, 0.3) is 0 Å². The molecule has 0 saturated carbocycles. The smallest absolute Gasteiger partial charge is 0.339 e. The van der Waals surface area contributed by atoms with Gasteiger partial charge in [-0.15, -0.1) is 0 Å². The van der Waals surface area contributed by atoms with Crippen molar-refractivity contribution in [2.24, 2.45) is 5.92 Å². The van der Waals surface area contributed by atoms with E-state index in [9.17, 15) is 18.4 Å². The SMILES string of the molecule is COC(=O)c1cnc(N)c(OCC2CN(C(=O)Cc3ccc(C)cc3)CC2(F)F)c1. The van der Waals surface area contributed by atoms with Crippen molar-refractivity contribution < 1.29 is 27.8 Å². The summed E-state index contributed by atoms with van der Waals surface area (Å²) in [5.74, 6) is -5.35. The number of nitrogens with zero attached hydrogens (tertiary/aromatic N) is 2. The molecule has 9 heteroatoms. The van der Waals surface area contributed by atoms with Crippen molar-refractivity contribution in [2.45, 2.75) is 19.3 Å². The third kappa shape index (κ3) is 4.84. The first-order valence-electron chi connectivity index (χ1n) is 9.37. The zero-order valence-corrected chi connectivity index (χ0v) is 16.7. The van der Waals surface area contributed by atoms with Gasteiger partial charge in [-0.05, 0) is 12.5 Å². The number of nitrogen functional groups attached to an aromatic ring is 1. The van der Waals surface area contributed by atoms with Gasteiger partial charge in [-0.3, -0.25) is 4.79 Å². The highest BCUT2D eigenvalue weighted by atomic mass is 19.3. The monoisotopic (exact) mass is 419 g/mol. The number of aromatic nitrogens is 1. The van der Waals surface area contributed by atoms with Crippen molar-refractivity contribution in [3.63, 3.8) is 0 Å². The number of alkyl halides is 2. The minimum atomic E-state index is -3.11. The first-order valence-corrected chi connectivity index (χ1v) is 9.37. The van der Waals surface area contributed by atoms with Gasteiger partial charge >= 0.3 is 5.97 Å². The molecule has 1 aromatic heterocycles. The Morgan fingerprint density at radius 3 is 2.67 bits per heavy atom. The van der Waals surface area contributed by atoms with Crippen LogP contribution in [-0.2, 0) is 16.0 Å². The molecule has 1 atom stereocenters. The zero-order valence-electron chi connectivity index (χ0n) is 16.7. The fourth-order valence-electron chi connectivity index (χ4n) is 3.20. The van der Waals surface area contributed by atoms with Gasteiger partial charge in [0.1, 0.15) is 0 Å². The van der Waals surface area contributed by atoms with E-state index in [4.69, 9.17) is 10.5 Å². The maximum atomic E-state index is 14.5. The summed E-state index contributed by atoms with van der Waals surface area (Å²) in [5.41, 5.74) is 7.63. The number of halogens is 2. The minimum Gasteiger partial charge on any atom is -0.489 e. The van der Waals surface area contributed by atoms with Crippen molar-refractivity contribution in [3.8, 4) is 5.75 Å². The summed E-state index contributed by atoms with van der Waals surface area (Å²) in [5, 5.41) is 0. The third-order valence-corrected chi connectivity index (χ3v) is 5.01. The number of aryl methyl sites for hydroxylation is 1. The number of anilines is 1. The number of pyridine rings is 1. The molecule has 3 rings (SSSR count). The molecule has 160 valence electrons. The molecule has 2 aromatic rings.